The van der Waals surface area contributed by atoms with E-state index in [-0.39, 0.29) is 18.3 Å². The number of rotatable bonds is 4. The summed E-state index contributed by atoms with van der Waals surface area (Å²) in [6.45, 7) is 8.25. The number of ether oxygens (including phenoxy) is 1. The molecule has 1 aliphatic heterocycles. The maximum atomic E-state index is 12.4. The molecule has 1 atom stereocenters. The number of halogens is 1. The van der Waals surface area contributed by atoms with Gasteiger partial charge in [-0.15, -0.1) is 0 Å². The molecule has 0 amide bonds. The van der Waals surface area contributed by atoms with Crippen molar-refractivity contribution < 1.29 is 9.53 Å². The Kier molecular flexibility index (Phi) is 4.83. The van der Waals surface area contributed by atoms with Crippen molar-refractivity contribution in [1.82, 2.24) is 14.7 Å². The molecule has 1 aromatic heterocycles. The van der Waals surface area contributed by atoms with E-state index in [1.165, 1.54) is 0 Å². The van der Waals surface area contributed by atoms with E-state index in [2.05, 4.69) is 23.8 Å². The van der Waals surface area contributed by atoms with Crippen molar-refractivity contribution in [3.8, 4) is 0 Å². The van der Waals surface area contributed by atoms with Crippen LogP contribution in [0.3, 0.4) is 0 Å². The van der Waals surface area contributed by atoms with E-state index >= 15 is 0 Å². The summed E-state index contributed by atoms with van der Waals surface area (Å²) < 4.78 is 7.29. The highest BCUT2D eigenvalue weighted by Crippen LogP contribution is 2.21. The molecule has 2 rings (SSSR count). The van der Waals surface area contributed by atoms with Crippen molar-refractivity contribution in [2.75, 3.05) is 19.7 Å². The number of hydrogen-bond acceptors (Lipinski definition) is 4. The Hall–Kier alpha value is -0.910. The second-order valence-electron chi connectivity index (χ2n) is 5.56. The standard InChI is InChI=1S/C14H22ClN3O2/c1-9(2)18-5-6-20-13(8-18)12(19)7-11-14(15)10(3)16-17(11)4/h9,13H,5-8H2,1-4H3. The second kappa shape index (κ2) is 6.24. The van der Waals surface area contributed by atoms with E-state index in [1.54, 1.807) is 4.68 Å². The van der Waals surface area contributed by atoms with Gasteiger partial charge >= 0.3 is 0 Å². The summed E-state index contributed by atoms with van der Waals surface area (Å²) >= 11 is 6.19. The van der Waals surface area contributed by atoms with E-state index in [0.29, 0.717) is 24.2 Å². The van der Waals surface area contributed by atoms with Gasteiger partial charge in [-0.25, -0.2) is 0 Å². The highest BCUT2D eigenvalue weighted by atomic mass is 35.5. The molecule has 0 N–H and O–H groups in total. The maximum Gasteiger partial charge on any atom is 0.168 e. The number of carbonyl (C=O) groups is 1. The van der Waals surface area contributed by atoms with Gasteiger partial charge in [-0.2, -0.15) is 5.10 Å². The molecule has 1 aliphatic rings. The van der Waals surface area contributed by atoms with E-state index in [0.717, 1.165) is 17.9 Å². The lowest BCUT2D eigenvalue weighted by atomic mass is 10.1. The zero-order valence-electron chi connectivity index (χ0n) is 12.5. The second-order valence-corrected chi connectivity index (χ2v) is 5.94. The van der Waals surface area contributed by atoms with Gasteiger partial charge in [0.25, 0.3) is 0 Å². The summed E-state index contributed by atoms with van der Waals surface area (Å²) in [6.07, 6.45) is -0.0929. The first-order chi connectivity index (χ1) is 9.40. The van der Waals surface area contributed by atoms with Crippen molar-refractivity contribution in [1.29, 1.82) is 0 Å². The van der Waals surface area contributed by atoms with Gasteiger partial charge < -0.3 is 4.74 Å². The lowest BCUT2D eigenvalue weighted by molar-refractivity contribution is -0.136. The van der Waals surface area contributed by atoms with Crippen LogP contribution in [0.15, 0.2) is 0 Å². The van der Waals surface area contributed by atoms with Crippen LogP contribution >= 0.6 is 11.6 Å². The minimum absolute atomic E-state index is 0.0697. The molecular weight excluding hydrogens is 278 g/mol. The van der Waals surface area contributed by atoms with Crippen LogP contribution < -0.4 is 0 Å². The molecule has 6 heteroatoms. The largest absolute Gasteiger partial charge is 0.368 e. The van der Waals surface area contributed by atoms with Gasteiger partial charge in [0.2, 0.25) is 0 Å². The molecule has 1 unspecified atom stereocenters. The molecule has 5 nitrogen and oxygen atoms in total. The minimum Gasteiger partial charge on any atom is -0.368 e. The highest BCUT2D eigenvalue weighted by molar-refractivity contribution is 6.32. The normalized spacial score (nSPS) is 20.6. The molecular formula is C14H22ClN3O2. The van der Waals surface area contributed by atoms with Crippen molar-refractivity contribution in [3.63, 3.8) is 0 Å². The van der Waals surface area contributed by atoms with Gasteiger partial charge in [-0.05, 0) is 20.8 Å². The van der Waals surface area contributed by atoms with Crippen LogP contribution in [0.5, 0.6) is 0 Å². The Morgan fingerprint density at radius 1 is 1.55 bits per heavy atom. The molecule has 0 radical (unpaired) electrons. The lowest BCUT2D eigenvalue weighted by Gasteiger charge is -2.34. The Morgan fingerprint density at radius 2 is 2.25 bits per heavy atom. The number of nitrogens with zero attached hydrogens (tertiary/aromatic N) is 3. The van der Waals surface area contributed by atoms with Gasteiger partial charge in [0, 0.05) is 26.2 Å². The van der Waals surface area contributed by atoms with Crippen molar-refractivity contribution >= 4 is 17.4 Å². The minimum atomic E-state index is -0.363. The van der Waals surface area contributed by atoms with Gasteiger partial charge in [0.15, 0.2) is 5.78 Å². The third-order valence-electron chi connectivity index (χ3n) is 3.79. The summed E-state index contributed by atoms with van der Waals surface area (Å²) in [5.74, 6) is 0.0697. The molecule has 0 aliphatic carbocycles. The Bertz CT molecular complexity index is 499. The molecule has 0 spiro atoms. The third-order valence-corrected chi connectivity index (χ3v) is 4.28. The molecule has 1 saturated heterocycles. The Balaban J connectivity index is 2.04. The van der Waals surface area contributed by atoms with Crippen LogP contribution in [-0.4, -0.2) is 52.3 Å². The molecule has 20 heavy (non-hydrogen) atoms. The SMILES string of the molecule is Cc1nn(C)c(CC(=O)C2CN(C(C)C)CCO2)c1Cl. The predicted octanol–water partition coefficient (Wildman–Crippen LogP) is 1.60. The van der Waals surface area contributed by atoms with Crippen LogP contribution in [0, 0.1) is 6.92 Å². The van der Waals surface area contributed by atoms with Crippen molar-refractivity contribution in [2.45, 2.75) is 39.3 Å². The summed E-state index contributed by atoms with van der Waals surface area (Å²) in [6, 6.07) is 0.428. The first-order valence-electron chi connectivity index (χ1n) is 6.96. The van der Waals surface area contributed by atoms with Gasteiger partial charge in [-0.1, -0.05) is 11.6 Å². The molecule has 1 aromatic rings. The van der Waals surface area contributed by atoms with Crippen LogP contribution in [0.4, 0.5) is 0 Å². The van der Waals surface area contributed by atoms with Gasteiger partial charge in [0.05, 0.1) is 29.4 Å². The topological polar surface area (TPSA) is 47.4 Å². The number of carbonyl (C=O) groups excluding carboxylic acids is 1. The average molecular weight is 300 g/mol. The maximum absolute atomic E-state index is 12.4. The Morgan fingerprint density at radius 3 is 2.80 bits per heavy atom. The van der Waals surface area contributed by atoms with Gasteiger partial charge in [-0.3, -0.25) is 14.4 Å². The number of Topliss-reactive ketones (excluding diaryl/α,β-unsaturated/α-hetero) is 1. The first kappa shape index (κ1) is 15.5. The highest BCUT2D eigenvalue weighted by Gasteiger charge is 2.29. The smallest absolute Gasteiger partial charge is 0.168 e. The summed E-state index contributed by atoms with van der Waals surface area (Å²) in [4.78, 5) is 14.7. The molecule has 112 valence electrons. The fourth-order valence-electron chi connectivity index (χ4n) is 2.48. The van der Waals surface area contributed by atoms with E-state index in [9.17, 15) is 4.79 Å². The quantitative estimate of drug-likeness (QED) is 0.847. The summed E-state index contributed by atoms with van der Waals surface area (Å²) in [7, 11) is 1.81. The molecule has 2 heterocycles. The number of ketones is 1. The molecule has 1 fully saturated rings. The van der Waals surface area contributed by atoms with Gasteiger partial charge in [0.1, 0.15) is 6.10 Å². The van der Waals surface area contributed by atoms with Crippen molar-refractivity contribution in [3.05, 3.63) is 16.4 Å². The number of aromatic nitrogens is 2. The average Bonchev–Trinajstić information content (AvgIpc) is 2.65. The summed E-state index contributed by atoms with van der Waals surface area (Å²) in [5, 5.41) is 4.81. The van der Waals surface area contributed by atoms with E-state index < -0.39 is 0 Å². The monoisotopic (exact) mass is 299 g/mol. The Labute approximate surface area is 124 Å². The number of morpholine rings is 1. The lowest BCUT2D eigenvalue weighted by Crippen LogP contribution is -2.49. The predicted molar refractivity (Wildman–Crippen MR) is 78.1 cm³/mol. The fraction of sp³-hybridized carbons (Fsp3) is 0.714. The van der Waals surface area contributed by atoms with Crippen LogP contribution in [0.1, 0.15) is 25.2 Å². The molecule has 0 bridgehead atoms. The van der Waals surface area contributed by atoms with Crippen LogP contribution in [0.2, 0.25) is 5.02 Å². The molecule has 0 aromatic carbocycles. The fourth-order valence-corrected chi connectivity index (χ4v) is 2.71. The van der Waals surface area contributed by atoms with Crippen LogP contribution in [-0.2, 0) is 23.0 Å². The first-order valence-corrected chi connectivity index (χ1v) is 7.34. The summed E-state index contributed by atoms with van der Waals surface area (Å²) in [5.41, 5.74) is 1.52. The van der Waals surface area contributed by atoms with Crippen molar-refractivity contribution in [2.24, 2.45) is 7.05 Å². The number of aryl methyl sites for hydroxylation is 2. The third kappa shape index (κ3) is 3.22. The van der Waals surface area contributed by atoms with Crippen LogP contribution in [0.25, 0.3) is 0 Å². The van der Waals surface area contributed by atoms with E-state index in [4.69, 9.17) is 16.3 Å². The van der Waals surface area contributed by atoms with E-state index in [1.807, 2.05) is 14.0 Å². The molecule has 0 saturated carbocycles. The zero-order valence-corrected chi connectivity index (χ0v) is 13.3. The zero-order chi connectivity index (χ0) is 14.9. The number of hydrogen-bond donors (Lipinski definition) is 0.